The third-order valence-corrected chi connectivity index (χ3v) is 4.90. The van der Waals surface area contributed by atoms with E-state index in [-0.39, 0.29) is 11.4 Å². The molecule has 0 spiro atoms. The van der Waals surface area contributed by atoms with Crippen molar-refractivity contribution in [1.29, 1.82) is 0 Å². The van der Waals surface area contributed by atoms with Crippen molar-refractivity contribution >= 4 is 22.7 Å². The maximum Gasteiger partial charge on any atom is 0.416 e. The van der Waals surface area contributed by atoms with Crippen LogP contribution in [0.4, 0.5) is 13.2 Å². The molecule has 0 N–H and O–H groups in total. The molecule has 0 atom stereocenters. The quantitative estimate of drug-likeness (QED) is 0.341. The van der Waals surface area contributed by atoms with Gasteiger partial charge in [0.15, 0.2) is 0 Å². The smallest absolute Gasteiger partial charge is 0.338 e. The molecule has 0 saturated heterocycles. The molecule has 9 heteroatoms. The zero-order valence-corrected chi connectivity index (χ0v) is 15.4. The molecule has 0 aliphatic heterocycles. The number of alkyl halides is 3. The summed E-state index contributed by atoms with van der Waals surface area (Å²) in [6.45, 7) is 1.81. The van der Waals surface area contributed by atoms with Crippen LogP contribution in [0, 0.1) is 6.92 Å². The molecular formula is C19H13F3N4OS. The summed E-state index contributed by atoms with van der Waals surface area (Å²) in [6.07, 6.45) is -4.43. The number of para-hydroxylation sites is 1. The van der Waals surface area contributed by atoms with E-state index in [1.54, 1.807) is 0 Å². The number of hydrogen-bond donors (Lipinski definition) is 0. The summed E-state index contributed by atoms with van der Waals surface area (Å²) < 4.78 is 43.8. The second-order valence-corrected chi connectivity index (χ2v) is 6.94. The van der Waals surface area contributed by atoms with Crippen molar-refractivity contribution in [1.82, 2.24) is 20.1 Å². The first kappa shape index (κ1) is 18.4. The van der Waals surface area contributed by atoms with Gasteiger partial charge in [-0.2, -0.15) is 18.2 Å². The number of aromatic nitrogens is 4. The summed E-state index contributed by atoms with van der Waals surface area (Å²) in [4.78, 5) is 13.1. The number of aryl methyl sites for hydroxylation is 1. The molecular weight excluding hydrogens is 389 g/mol. The number of hydrogen-bond acceptors (Lipinski definition) is 6. The van der Waals surface area contributed by atoms with Crippen molar-refractivity contribution in [2.75, 3.05) is 0 Å². The molecule has 2 aromatic carbocycles. The second kappa shape index (κ2) is 7.23. The fraction of sp³-hybridized carbons (Fsp3) is 0.158. The zero-order valence-electron chi connectivity index (χ0n) is 14.6. The fourth-order valence-electron chi connectivity index (χ4n) is 2.66. The highest BCUT2D eigenvalue weighted by atomic mass is 32.2. The second-order valence-electron chi connectivity index (χ2n) is 5.97. The molecule has 4 aromatic rings. The summed E-state index contributed by atoms with van der Waals surface area (Å²) in [5.41, 5.74) is 0.333. The molecule has 0 radical (unpaired) electrons. The number of thioether (sulfide) groups is 1. The first-order valence-electron chi connectivity index (χ1n) is 8.26. The number of rotatable bonds is 4. The average molecular weight is 402 g/mol. The van der Waals surface area contributed by atoms with Crippen LogP contribution in [0.5, 0.6) is 0 Å². The average Bonchev–Trinajstić information content (AvgIpc) is 3.14. The minimum atomic E-state index is -4.43. The van der Waals surface area contributed by atoms with E-state index in [4.69, 9.17) is 4.52 Å². The van der Waals surface area contributed by atoms with Crippen LogP contribution in [-0.4, -0.2) is 20.1 Å². The van der Waals surface area contributed by atoms with Crippen molar-refractivity contribution in [3.05, 3.63) is 65.8 Å². The maximum absolute atomic E-state index is 12.9. The predicted molar refractivity (Wildman–Crippen MR) is 98.6 cm³/mol. The van der Waals surface area contributed by atoms with E-state index in [0.29, 0.717) is 17.5 Å². The van der Waals surface area contributed by atoms with Gasteiger partial charge in [0.25, 0.3) is 0 Å². The third-order valence-electron chi connectivity index (χ3n) is 3.93. The normalized spacial score (nSPS) is 11.9. The van der Waals surface area contributed by atoms with Crippen LogP contribution in [0.3, 0.4) is 0 Å². The van der Waals surface area contributed by atoms with Gasteiger partial charge in [-0.05, 0) is 25.1 Å². The molecule has 0 amide bonds. The predicted octanol–water partition coefficient (Wildman–Crippen LogP) is 5.30. The van der Waals surface area contributed by atoms with Crippen molar-refractivity contribution in [3.8, 4) is 11.4 Å². The Balaban J connectivity index is 1.55. The molecule has 2 aromatic heterocycles. The van der Waals surface area contributed by atoms with E-state index in [2.05, 4.69) is 20.1 Å². The highest BCUT2D eigenvalue weighted by Crippen LogP contribution is 2.32. The Hall–Kier alpha value is -2.94. The van der Waals surface area contributed by atoms with Crippen LogP contribution in [0.1, 0.15) is 17.3 Å². The fourth-order valence-corrected chi connectivity index (χ4v) is 3.57. The summed E-state index contributed by atoms with van der Waals surface area (Å²) >= 11 is 1.41. The van der Waals surface area contributed by atoms with Gasteiger partial charge in [-0.3, -0.25) is 0 Å². The monoisotopic (exact) mass is 402 g/mol. The highest BCUT2D eigenvalue weighted by molar-refractivity contribution is 7.98. The molecule has 2 heterocycles. The van der Waals surface area contributed by atoms with E-state index in [1.165, 1.54) is 23.9 Å². The summed E-state index contributed by atoms with van der Waals surface area (Å²) in [5, 5.41) is 5.49. The highest BCUT2D eigenvalue weighted by Gasteiger charge is 2.30. The first-order valence-corrected chi connectivity index (χ1v) is 9.25. The number of nitrogens with zero attached hydrogens (tertiary/aromatic N) is 4. The molecule has 5 nitrogen and oxygen atoms in total. The Morgan fingerprint density at radius 3 is 2.64 bits per heavy atom. The lowest BCUT2D eigenvalue weighted by Gasteiger charge is -2.06. The minimum Gasteiger partial charge on any atom is -0.338 e. The Morgan fingerprint density at radius 2 is 1.82 bits per heavy atom. The molecule has 0 aliphatic carbocycles. The van der Waals surface area contributed by atoms with Crippen LogP contribution in [0.25, 0.3) is 22.3 Å². The van der Waals surface area contributed by atoms with Crippen LogP contribution in [0.2, 0.25) is 0 Å². The topological polar surface area (TPSA) is 64.7 Å². The third kappa shape index (κ3) is 3.84. The lowest BCUT2D eigenvalue weighted by molar-refractivity contribution is -0.137. The standard InChI is InChI=1S/C19H13F3N4OS/c1-11-23-15-8-3-2-7-14(15)18(24-11)28-10-16-25-17(26-27-16)12-5-4-6-13(9-12)19(20,21)22/h2-9H,10H2,1H3. The Labute approximate surface area is 162 Å². The maximum atomic E-state index is 12.9. The molecule has 0 aliphatic rings. The van der Waals surface area contributed by atoms with Gasteiger partial charge in [-0.25, -0.2) is 9.97 Å². The van der Waals surface area contributed by atoms with Gasteiger partial charge in [0, 0.05) is 10.9 Å². The van der Waals surface area contributed by atoms with E-state index in [0.717, 1.165) is 28.1 Å². The molecule has 28 heavy (non-hydrogen) atoms. The number of fused-ring (bicyclic) bond motifs is 1. The first-order chi connectivity index (χ1) is 13.4. The summed E-state index contributed by atoms with van der Waals surface area (Å²) in [5.74, 6) is 1.41. The van der Waals surface area contributed by atoms with Gasteiger partial charge in [-0.1, -0.05) is 47.3 Å². The van der Waals surface area contributed by atoms with Crippen LogP contribution >= 0.6 is 11.8 Å². The molecule has 0 bridgehead atoms. The van der Waals surface area contributed by atoms with Crippen LogP contribution in [-0.2, 0) is 11.9 Å². The number of benzene rings is 2. The van der Waals surface area contributed by atoms with Gasteiger partial charge < -0.3 is 4.52 Å². The molecule has 142 valence electrons. The largest absolute Gasteiger partial charge is 0.416 e. The van der Waals surface area contributed by atoms with Gasteiger partial charge in [0.05, 0.1) is 16.8 Å². The summed E-state index contributed by atoms with van der Waals surface area (Å²) in [7, 11) is 0. The van der Waals surface area contributed by atoms with Crippen molar-refractivity contribution < 1.29 is 17.7 Å². The van der Waals surface area contributed by atoms with Crippen LogP contribution < -0.4 is 0 Å². The molecule has 0 saturated carbocycles. The van der Waals surface area contributed by atoms with E-state index >= 15 is 0 Å². The minimum absolute atomic E-state index is 0.116. The van der Waals surface area contributed by atoms with E-state index in [1.807, 2.05) is 31.2 Å². The van der Waals surface area contributed by atoms with Gasteiger partial charge in [0.1, 0.15) is 10.9 Å². The lowest BCUT2D eigenvalue weighted by Crippen LogP contribution is -2.04. The molecule has 0 unspecified atom stereocenters. The van der Waals surface area contributed by atoms with Crippen molar-refractivity contribution in [2.24, 2.45) is 0 Å². The lowest BCUT2D eigenvalue weighted by atomic mass is 10.1. The van der Waals surface area contributed by atoms with E-state index < -0.39 is 11.7 Å². The molecule has 0 fully saturated rings. The van der Waals surface area contributed by atoms with Gasteiger partial charge >= 0.3 is 6.18 Å². The Kier molecular flexibility index (Phi) is 4.76. The van der Waals surface area contributed by atoms with E-state index in [9.17, 15) is 13.2 Å². The zero-order chi connectivity index (χ0) is 19.7. The Bertz CT molecular complexity index is 1140. The van der Waals surface area contributed by atoms with Gasteiger partial charge in [-0.15, -0.1) is 0 Å². The van der Waals surface area contributed by atoms with Gasteiger partial charge in [0.2, 0.25) is 11.7 Å². The van der Waals surface area contributed by atoms with Crippen molar-refractivity contribution in [2.45, 2.75) is 23.9 Å². The van der Waals surface area contributed by atoms with Crippen molar-refractivity contribution in [3.63, 3.8) is 0 Å². The number of halogens is 3. The Morgan fingerprint density at radius 1 is 1.00 bits per heavy atom. The van der Waals surface area contributed by atoms with Crippen LogP contribution in [0.15, 0.2) is 58.1 Å². The SMILES string of the molecule is Cc1nc(SCc2nc(-c3cccc(C(F)(F)F)c3)no2)c2ccccc2n1. The molecule has 4 rings (SSSR count). The summed E-state index contributed by atoms with van der Waals surface area (Å²) in [6, 6.07) is 12.5.